The standard InChI is InChI=1S/C17H22N4O2S2.ClH/c1-10-20-21-17(25-10)19-16(22)15-6-12(9-24-15)13-7-14(13)18-8-11-2-4-23-5-3-11;/h6,9,11,13-14,18H,2-5,7-8H2,1H3,(H,19,21,22);1H. The first-order valence-electron chi connectivity index (χ1n) is 8.70. The highest BCUT2D eigenvalue weighted by atomic mass is 35.5. The van der Waals surface area contributed by atoms with E-state index in [2.05, 4.69) is 26.2 Å². The van der Waals surface area contributed by atoms with Gasteiger partial charge in [0.1, 0.15) is 5.01 Å². The second kappa shape index (κ2) is 8.75. The second-order valence-electron chi connectivity index (χ2n) is 6.74. The zero-order valence-corrected chi connectivity index (χ0v) is 17.0. The summed E-state index contributed by atoms with van der Waals surface area (Å²) in [7, 11) is 0. The van der Waals surface area contributed by atoms with Crippen LogP contribution in [0, 0.1) is 12.8 Å². The van der Waals surface area contributed by atoms with E-state index in [9.17, 15) is 4.79 Å². The third-order valence-electron chi connectivity index (χ3n) is 4.82. The number of hydrogen-bond donors (Lipinski definition) is 2. The van der Waals surface area contributed by atoms with Crippen molar-refractivity contribution < 1.29 is 9.53 Å². The van der Waals surface area contributed by atoms with Crippen LogP contribution in [0.25, 0.3) is 0 Å². The minimum Gasteiger partial charge on any atom is -0.381 e. The molecule has 0 aromatic carbocycles. The number of amides is 1. The van der Waals surface area contributed by atoms with Gasteiger partial charge in [-0.15, -0.1) is 33.9 Å². The van der Waals surface area contributed by atoms with Gasteiger partial charge in [0.05, 0.1) is 4.88 Å². The van der Waals surface area contributed by atoms with E-state index in [1.54, 1.807) is 0 Å². The van der Waals surface area contributed by atoms with Gasteiger partial charge in [-0.3, -0.25) is 10.1 Å². The average Bonchev–Trinajstić information content (AvgIpc) is 3.02. The Labute approximate surface area is 167 Å². The van der Waals surface area contributed by atoms with Gasteiger partial charge >= 0.3 is 0 Å². The zero-order chi connectivity index (χ0) is 17.2. The Balaban J connectivity index is 0.00000196. The minimum atomic E-state index is -0.0974. The fourth-order valence-electron chi connectivity index (χ4n) is 3.23. The van der Waals surface area contributed by atoms with E-state index in [-0.39, 0.29) is 18.3 Å². The van der Waals surface area contributed by atoms with Crippen molar-refractivity contribution in [3.63, 3.8) is 0 Å². The van der Waals surface area contributed by atoms with Crippen molar-refractivity contribution in [3.8, 4) is 0 Å². The first kappa shape index (κ1) is 19.7. The number of anilines is 1. The number of rotatable bonds is 6. The number of thiophene rings is 1. The molecule has 2 N–H and O–H groups in total. The van der Waals surface area contributed by atoms with E-state index in [1.165, 1.54) is 28.2 Å². The molecule has 2 aliphatic rings. The maximum absolute atomic E-state index is 12.3. The highest BCUT2D eigenvalue weighted by Crippen LogP contribution is 2.42. The molecule has 6 nitrogen and oxygen atoms in total. The third kappa shape index (κ3) is 4.80. The van der Waals surface area contributed by atoms with Crippen LogP contribution in [-0.4, -0.2) is 41.9 Å². The van der Waals surface area contributed by atoms with Crippen molar-refractivity contribution in [3.05, 3.63) is 26.9 Å². The molecular weight excluding hydrogens is 392 g/mol. The van der Waals surface area contributed by atoms with Crippen LogP contribution in [-0.2, 0) is 4.74 Å². The van der Waals surface area contributed by atoms with Gasteiger partial charge in [0.15, 0.2) is 0 Å². The van der Waals surface area contributed by atoms with Gasteiger partial charge in [-0.25, -0.2) is 0 Å². The fraction of sp³-hybridized carbons (Fsp3) is 0.588. The van der Waals surface area contributed by atoms with Crippen LogP contribution in [0.15, 0.2) is 11.4 Å². The van der Waals surface area contributed by atoms with Crippen molar-refractivity contribution in [2.45, 2.75) is 38.1 Å². The van der Waals surface area contributed by atoms with Crippen molar-refractivity contribution in [2.75, 3.05) is 25.1 Å². The van der Waals surface area contributed by atoms with E-state index < -0.39 is 0 Å². The molecule has 1 saturated heterocycles. The number of aryl methyl sites for hydroxylation is 1. The van der Waals surface area contributed by atoms with Crippen LogP contribution in [0.2, 0.25) is 0 Å². The molecule has 26 heavy (non-hydrogen) atoms. The lowest BCUT2D eigenvalue weighted by Gasteiger charge is -2.22. The molecule has 0 bridgehead atoms. The lowest BCUT2D eigenvalue weighted by atomic mass is 10.0. The normalized spacial score (nSPS) is 22.7. The summed E-state index contributed by atoms with van der Waals surface area (Å²) in [6.07, 6.45) is 3.49. The van der Waals surface area contributed by atoms with Crippen molar-refractivity contribution in [1.29, 1.82) is 0 Å². The first-order valence-corrected chi connectivity index (χ1v) is 10.4. The summed E-state index contributed by atoms with van der Waals surface area (Å²) in [6.45, 7) is 4.75. The molecule has 1 aliphatic carbocycles. The highest BCUT2D eigenvalue weighted by Gasteiger charge is 2.39. The van der Waals surface area contributed by atoms with Crippen molar-refractivity contribution in [1.82, 2.24) is 15.5 Å². The van der Waals surface area contributed by atoms with E-state index in [1.807, 2.05) is 13.0 Å². The fourth-order valence-corrected chi connectivity index (χ4v) is 4.68. The van der Waals surface area contributed by atoms with Crippen molar-refractivity contribution >= 4 is 46.1 Å². The number of ether oxygens (including phenoxy) is 1. The Kier molecular flexibility index (Phi) is 6.63. The number of aromatic nitrogens is 2. The van der Waals surface area contributed by atoms with Crippen LogP contribution < -0.4 is 10.6 Å². The molecular formula is C17H23ClN4O2S2. The SMILES string of the molecule is Cc1nnc(NC(=O)c2cc(C3CC3NCC3CCOCC3)cs2)s1.Cl. The summed E-state index contributed by atoms with van der Waals surface area (Å²) >= 11 is 2.89. The largest absolute Gasteiger partial charge is 0.381 e. The van der Waals surface area contributed by atoms with Crippen LogP contribution >= 0.6 is 35.1 Å². The summed E-state index contributed by atoms with van der Waals surface area (Å²) in [5.41, 5.74) is 1.27. The summed E-state index contributed by atoms with van der Waals surface area (Å²) in [4.78, 5) is 13.0. The predicted molar refractivity (Wildman–Crippen MR) is 107 cm³/mol. The Bertz CT molecular complexity index is 745. The Morgan fingerprint density at radius 3 is 2.88 bits per heavy atom. The van der Waals surface area contributed by atoms with E-state index in [0.717, 1.165) is 54.8 Å². The van der Waals surface area contributed by atoms with E-state index in [0.29, 0.717) is 17.1 Å². The van der Waals surface area contributed by atoms with Crippen LogP contribution in [0.5, 0.6) is 0 Å². The molecule has 1 aliphatic heterocycles. The van der Waals surface area contributed by atoms with Gasteiger partial charge in [0.25, 0.3) is 5.91 Å². The Morgan fingerprint density at radius 1 is 1.35 bits per heavy atom. The average molecular weight is 415 g/mol. The summed E-state index contributed by atoms with van der Waals surface area (Å²) in [5.74, 6) is 1.19. The smallest absolute Gasteiger partial charge is 0.267 e. The molecule has 1 saturated carbocycles. The minimum absolute atomic E-state index is 0. The summed E-state index contributed by atoms with van der Waals surface area (Å²) in [6, 6.07) is 2.58. The predicted octanol–water partition coefficient (Wildman–Crippen LogP) is 3.45. The molecule has 2 aromatic rings. The first-order chi connectivity index (χ1) is 12.2. The third-order valence-corrected chi connectivity index (χ3v) is 6.52. The summed E-state index contributed by atoms with van der Waals surface area (Å²) in [5, 5.41) is 17.9. The molecule has 0 radical (unpaired) electrons. The molecule has 4 rings (SSSR count). The molecule has 9 heteroatoms. The van der Waals surface area contributed by atoms with Gasteiger partial charge in [-0.2, -0.15) is 0 Å². The highest BCUT2D eigenvalue weighted by molar-refractivity contribution is 7.15. The van der Waals surface area contributed by atoms with Crippen molar-refractivity contribution in [2.24, 2.45) is 5.92 Å². The maximum Gasteiger partial charge on any atom is 0.267 e. The lowest BCUT2D eigenvalue weighted by molar-refractivity contribution is 0.0662. The molecule has 142 valence electrons. The Morgan fingerprint density at radius 2 is 2.15 bits per heavy atom. The number of carbonyl (C=O) groups excluding carboxylic acids is 1. The van der Waals surface area contributed by atoms with Gasteiger partial charge in [0, 0.05) is 25.2 Å². The second-order valence-corrected chi connectivity index (χ2v) is 8.83. The van der Waals surface area contributed by atoms with E-state index >= 15 is 0 Å². The van der Waals surface area contributed by atoms with Gasteiger partial charge in [0.2, 0.25) is 5.13 Å². The van der Waals surface area contributed by atoms with Gasteiger partial charge in [-0.1, -0.05) is 11.3 Å². The zero-order valence-electron chi connectivity index (χ0n) is 14.6. The molecule has 2 atom stereocenters. The summed E-state index contributed by atoms with van der Waals surface area (Å²) < 4.78 is 5.41. The molecule has 3 heterocycles. The molecule has 1 amide bonds. The quantitative estimate of drug-likeness (QED) is 0.757. The number of nitrogens with one attached hydrogen (secondary N) is 2. The van der Waals surface area contributed by atoms with Crippen LogP contribution in [0.3, 0.4) is 0 Å². The number of nitrogens with zero attached hydrogens (tertiary/aromatic N) is 2. The topological polar surface area (TPSA) is 76.1 Å². The van der Waals surface area contributed by atoms with Crippen LogP contribution in [0.4, 0.5) is 5.13 Å². The molecule has 2 aromatic heterocycles. The molecule has 2 fully saturated rings. The number of carbonyl (C=O) groups is 1. The number of hydrogen-bond acceptors (Lipinski definition) is 7. The maximum atomic E-state index is 12.3. The van der Waals surface area contributed by atoms with Gasteiger partial charge < -0.3 is 10.1 Å². The molecule has 0 spiro atoms. The monoisotopic (exact) mass is 414 g/mol. The van der Waals surface area contributed by atoms with Gasteiger partial charge in [-0.05, 0) is 55.7 Å². The number of halogens is 1. The van der Waals surface area contributed by atoms with Crippen LogP contribution in [0.1, 0.15) is 45.4 Å². The lowest BCUT2D eigenvalue weighted by Crippen LogP contribution is -2.29. The Hall–Kier alpha value is -1.06. The van der Waals surface area contributed by atoms with E-state index in [4.69, 9.17) is 4.74 Å². The molecule has 2 unspecified atom stereocenters.